The summed E-state index contributed by atoms with van der Waals surface area (Å²) >= 11 is 3.39. The standard InChI is InChI=1S/C13H18BrNO3/c1-9(5-6-18-2)15-8-11-4-3-10(13(16)17)7-12(11)14/h3-4,7,9,15H,5-6,8H2,1-2H3,(H,16,17). The molecule has 2 N–H and O–H groups in total. The Morgan fingerprint density at radius 2 is 2.28 bits per heavy atom. The van der Waals surface area contributed by atoms with E-state index in [1.807, 2.05) is 6.07 Å². The van der Waals surface area contributed by atoms with Crippen LogP contribution in [0.25, 0.3) is 0 Å². The summed E-state index contributed by atoms with van der Waals surface area (Å²) in [5, 5.41) is 12.2. The van der Waals surface area contributed by atoms with E-state index in [0.29, 0.717) is 12.6 Å². The highest BCUT2D eigenvalue weighted by molar-refractivity contribution is 9.10. The number of hydrogen-bond donors (Lipinski definition) is 2. The molecule has 4 nitrogen and oxygen atoms in total. The fraction of sp³-hybridized carbons (Fsp3) is 0.462. The number of carboxylic acids is 1. The third-order valence-corrected chi connectivity index (χ3v) is 3.43. The van der Waals surface area contributed by atoms with Gasteiger partial charge in [0, 0.05) is 30.8 Å². The number of carboxylic acid groups (broad SMARTS) is 1. The van der Waals surface area contributed by atoms with Crippen LogP contribution in [0.3, 0.4) is 0 Å². The van der Waals surface area contributed by atoms with Crippen molar-refractivity contribution in [2.45, 2.75) is 25.9 Å². The average molecular weight is 316 g/mol. The van der Waals surface area contributed by atoms with Crippen molar-refractivity contribution in [2.24, 2.45) is 0 Å². The molecule has 100 valence electrons. The molecule has 0 heterocycles. The van der Waals surface area contributed by atoms with E-state index in [2.05, 4.69) is 28.2 Å². The van der Waals surface area contributed by atoms with Gasteiger partial charge >= 0.3 is 5.97 Å². The predicted octanol–water partition coefficient (Wildman–Crippen LogP) is 2.66. The maximum absolute atomic E-state index is 10.8. The second-order valence-corrected chi connectivity index (χ2v) is 5.03. The molecule has 0 saturated carbocycles. The number of nitrogens with one attached hydrogen (secondary N) is 1. The Balaban J connectivity index is 2.55. The van der Waals surface area contributed by atoms with Crippen molar-refractivity contribution < 1.29 is 14.6 Å². The lowest BCUT2D eigenvalue weighted by atomic mass is 10.1. The number of aromatic carboxylic acids is 1. The van der Waals surface area contributed by atoms with Crippen molar-refractivity contribution in [2.75, 3.05) is 13.7 Å². The Morgan fingerprint density at radius 1 is 1.56 bits per heavy atom. The highest BCUT2D eigenvalue weighted by Crippen LogP contribution is 2.18. The summed E-state index contributed by atoms with van der Waals surface area (Å²) in [5.74, 6) is -0.913. The minimum atomic E-state index is -0.913. The summed E-state index contributed by atoms with van der Waals surface area (Å²) < 4.78 is 5.83. The van der Waals surface area contributed by atoms with E-state index in [-0.39, 0.29) is 5.56 Å². The van der Waals surface area contributed by atoms with Gasteiger partial charge in [-0.05, 0) is 31.0 Å². The van der Waals surface area contributed by atoms with E-state index >= 15 is 0 Å². The van der Waals surface area contributed by atoms with Crippen molar-refractivity contribution in [3.63, 3.8) is 0 Å². The van der Waals surface area contributed by atoms with Gasteiger partial charge in [0.2, 0.25) is 0 Å². The number of hydrogen-bond acceptors (Lipinski definition) is 3. The summed E-state index contributed by atoms with van der Waals surface area (Å²) in [6, 6.07) is 5.42. The molecule has 0 aliphatic heterocycles. The minimum Gasteiger partial charge on any atom is -0.478 e. The van der Waals surface area contributed by atoms with Crippen LogP contribution >= 0.6 is 15.9 Å². The molecular formula is C13H18BrNO3. The zero-order chi connectivity index (χ0) is 13.5. The molecule has 0 aromatic heterocycles. The molecule has 0 aliphatic rings. The minimum absolute atomic E-state index is 0.290. The summed E-state index contributed by atoms with van der Waals surface area (Å²) in [5.41, 5.74) is 1.34. The maximum Gasteiger partial charge on any atom is 0.335 e. The Bertz CT molecular complexity index is 409. The largest absolute Gasteiger partial charge is 0.478 e. The van der Waals surface area contributed by atoms with Gasteiger partial charge in [-0.15, -0.1) is 0 Å². The predicted molar refractivity (Wildman–Crippen MR) is 73.9 cm³/mol. The monoisotopic (exact) mass is 315 g/mol. The Morgan fingerprint density at radius 3 is 2.83 bits per heavy atom. The molecule has 0 bridgehead atoms. The molecule has 18 heavy (non-hydrogen) atoms. The first-order valence-electron chi connectivity index (χ1n) is 5.78. The number of methoxy groups -OCH3 is 1. The highest BCUT2D eigenvalue weighted by Gasteiger charge is 2.07. The fourth-order valence-corrected chi connectivity index (χ4v) is 2.02. The van der Waals surface area contributed by atoms with Gasteiger partial charge in [0.25, 0.3) is 0 Å². The van der Waals surface area contributed by atoms with Crippen LogP contribution in [-0.2, 0) is 11.3 Å². The van der Waals surface area contributed by atoms with E-state index in [1.165, 1.54) is 0 Å². The normalized spacial score (nSPS) is 12.4. The second-order valence-electron chi connectivity index (χ2n) is 4.17. The van der Waals surface area contributed by atoms with Crippen LogP contribution in [0, 0.1) is 0 Å². The molecule has 0 amide bonds. The zero-order valence-corrected chi connectivity index (χ0v) is 12.2. The van der Waals surface area contributed by atoms with Gasteiger partial charge in [-0.25, -0.2) is 4.79 Å². The van der Waals surface area contributed by atoms with E-state index in [4.69, 9.17) is 9.84 Å². The lowest BCUT2D eigenvalue weighted by Crippen LogP contribution is -2.26. The first-order chi connectivity index (χ1) is 8.54. The van der Waals surface area contributed by atoms with E-state index in [1.54, 1.807) is 19.2 Å². The third-order valence-electron chi connectivity index (χ3n) is 2.70. The Labute approximate surface area is 115 Å². The molecule has 1 aromatic rings. The summed E-state index contributed by atoms with van der Waals surface area (Å²) in [4.78, 5) is 10.8. The Kier molecular flexibility index (Phi) is 6.32. The number of halogens is 1. The summed E-state index contributed by atoms with van der Waals surface area (Å²) in [6.07, 6.45) is 0.946. The van der Waals surface area contributed by atoms with Crippen LogP contribution in [0.1, 0.15) is 29.3 Å². The average Bonchev–Trinajstić information content (AvgIpc) is 2.34. The van der Waals surface area contributed by atoms with Gasteiger partial charge in [-0.1, -0.05) is 22.0 Å². The highest BCUT2D eigenvalue weighted by atomic mass is 79.9. The van der Waals surface area contributed by atoms with Gasteiger partial charge in [0.05, 0.1) is 5.56 Å². The molecule has 5 heteroatoms. The number of carbonyl (C=O) groups is 1. The smallest absolute Gasteiger partial charge is 0.335 e. The molecule has 0 spiro atoms. The van der Waals surface area contributed by atoms with Crippen LogP contribution in [-0.4, -0.2) is 30.8 Å². The zero-order valence-electron chi connectivity index (χ0n) is 10.6. The van der Waals surface area contributed by atoms with Gasteiger partial charge in [-0.3, -0.25) is 0 Å². The number of ether oxygens (including phenoxy) is 1. The second kappa shape index (κ2) is 7.51. The summed E-state index contributed by atoms with van der Waals surface area (Å²) in [7, 11) is 1.69. The molecule has 1 aromatic carbocycles. The van der Waals surface area contributed by atoms with Crippen molar-refractivity contribution in [1.82, 2.24) is 5.32 Å². The van der Waals surface area contributed by atoms with Gasteiger partial charge in [-0.2, -0.15) is 0 Å². The van der Waals surface area contributed by atoms with Gasteiger partial charge in [0.15, 0.2) is 0 Å². The summed E-state index contributed by atoms with van der Waals surface area (Å²) in [6.45, 7) is 3.52. The molecule has 0 fully saturated rings. The molecule has 1 atom stereocenters. The molecule has 0 aliphatic carbocycles. The van der Waals surface area contributed by atoms with Crippen LogP contribution < -0.4 is 5.32 Å². The fourth-order valence-electron chi connectivity index (χ4n) is 1.50. The third kappa shape index (κ3) is 4.76. The van der Waals surface area contributed by atoms with Crippen LogP contribution in [0.5, 0.6) is 0 Å². The van der Waals surface area contributed by atoms with Crippen molar-refractivity contribution in [1.29, 1.82) is 0 Å². The molecule has 1 rings (SSSR count). The van der Waals surface area contributed by atoms with Crippen molar-refractivity contribution in [3.05, 3.63) is 33.8 Å². The SMILES string of the molecule is COCCC(C)NCc1ccc(C(=O)O)cc1Br. The molecular weight excluding hydrogens is 298 g/mol. The van der Waals surface area contributed by atoms with Crippen LogP contribution in [0.15, 0.2) is 22.7 Å². The van der Waals surface area contributed by atoms with Crippen LogP contribution in [0.2, 0.25) is 0 Å². The maximum atomic E-state index is 10.8. The van der Waals surface area contributed by atoms with Gasteiger partial charge < -0.3 is 15.2 Å². The van der Waals surface area contributed by atoms with Crippen molar-refractivity contribution >= 4 is 21.9 Å². The topological polar surface area (TPSA) is 58.6 Å². The Hall–Kier alpha value is -0.910. The lowest BCUT2D eigenvalue weighted by molar-refractivity contribution is 0.0697. The first kappa shape index (κ1) is 15.1. The molecule has 1 unspecified atom stereocenters. The van der Waals surface area contributed by atoms with E-state index in [9.17, 15) is 4.79 Å². The first-order valence-corrected chi connectivity index (χ1v) is 6.58. The van der Waals surface area contributed by atoms with Gasteiger partial charge in [0.1, 0.15) is 0 Å². The lowest BCUT2D eigenvalue weighted by Gasteiger charge is -2.14. The molecule has 0 radical (unpaired) electrons. The number of benzene rings is 1. The van der Waals surface area contributed by atoms with Crippen LogP contribution in [0.4, 0.5) is 0 Å². The van der Waals surface area contributed by atoms with E-state index < -0.39 is 5.97 Å². The quantitative estimate of drug-likeness (QED) is 0.812. The number of rotatable bonds is 7. The van der Waals surface area contributed by atoms with Crippen molar-refractivity contribution in [3.8, 4) is 0 Å². The molecule has 0 saturated heterocycles. The van der Waals surface area contributed by atoms with E-state index in [0.717, 1.165) is 23.1 Å².